The van der Waals surface area contributed by atoms with Crippen molar-refractivity contribution in [3.63, 3.8) is 0 Å². The molecule has 0 atom stereocenters. The largest absolute Gasteiger partial charge is 0.389 e. The molecule has 0 unspecified atom stereocenters. The fraction of sp³-hybridized carbons (Fsp3) is 0. The van der Waals surface area contributed by atoms with Gasteiger partial charge in [-0.05, 0) is 12.1 Å². The summed E-state index contributed by atoms with van der Waals surface area (Å²) >= 11 is 9.77. The standard InChI is InChI=1S/C7H4ClF2NS/c8-4-2-5(9)3(7(11)12)1-6(4)10/h1-2H,(H2,11,12). The Morgan fingerprint density at radius 3 is 2.42 bits per heavy atom. The Hall–Kier alpha value is -0.740. The maximum atomic E-state index is 12.9. The lowest BCUT2D eigenvalue weighted by atomic mass is 10.2. The number of nitrogens with two attached hydrogens (primary N) is 1. The average molecular weight is 208 g/mol. The molecule has 0 saturated heterocycles. The molecule has 0 fully saturated rings. The molecule has 1 rings (SSSR count). The van der Waals surface area contributed by atoms with Gasteiger partial charge in [0.2, 0.25) is 0 Å². The highest BCUT2D eigenvalue weighted by Gasteiger charge is 2.09. The first-order valence-electron chi connectivity index (χ1n) is 2.96. The van der Waals surface area contributed by atoms with Gasteiger partial charge >= 0.3 is 0 Å². The predicted molar refractivity (Wildman–Crippen MR) is 47.3 cm³/mol. The predicted octanol–water partition coefficient (Wildman–Crippen LogP) is 2.25. The van der Waals surface area contributed by atoms with Gasteiger partial charge in [-0.1, -0.05) is 23.8 Å². The van der Waals surface area contributed by atoms with Gasteiger partial charge in [-0.15, -0.1) is 0 Å². The summed E-state index contributed by atoms with van der Waals surface area (Å²) < 4.78 is 25.6. The molecule has 2 N–H and O–H groups in total. The topological polar surface area (TPSA) is 26.0 Å². The van der Waals surface area contributed by atoms with Gasteiger partial charge in [-0.3, -0.25) is 0 Å². The number of benzene rings is 1. The number of thiocarbonyl (C=S) groups is 1. The van der Waals surface area contributed by atoms with Crippen LogP contribution in [0.4, 0.5) is 8.78 Å². The van der Waals surface area contributed by atoms with E-state index in [0.717, 1.165) is 12.1 Å². The van der Waals surface area contributed by atoms with E-state index in [4.69, 9.17) is 17.3 Å². The van der Waals surface area contributed by atoms with Crippen LogP contribution in [0.3, 0.4) is 0 Å². The molecule has 12 heavy (non-hydrogen) atoms. The molecule has 1 nitrogen and oxygen atoms in total. The van der Waals surface area contributed by atoms with Crippen LogP contribution < -0.4 is 5.73 Å². The normalized spacial score (nSPS) is 9.92. The van der Waals surface area contributed by atoms with Crippen LogP contribution in [0.25, 0.3) is 0 Å². The monoisotopic (exact) mass is 207 g/mol. The van der Waals surface area contributed by atoms with E-state index < -0.39 is 11.6 Å². The number of hydrogen-bond donors (Lipinski definition) is 1. The summed E-state index contributed by atoms with van der Waals surface area (Å²) in [7, 11) is 0. The molecule has 0 radical (unpaired) electrons. The highest BCUT2D eigenvalue weighted by Crippen LogP contribution is 2.18. The van der Waals surface area contributed by atoms with Crippen molar-refractivity contribution >= 4 is 28.8 Å². The van der Waals surface area contributed by atoms with Crippen LogP contribution in [0.15, 0.2) is 12.1 Å². The van der Waals surface area contributed by atoms with Gasteiger partial charge in [0, 0.05) is 5.56 Å². The summed E-state index contributed by atoms with van der Waals surface area (Å²) in [6.07, 6.45) is 0. The average Bonchev–Trinajstić information content (AvgIpc) is 1.96. The van der Waals surface area contributed by atoms with Gasteiger partial charge in [-0.2, -0.15) is 0 Å². The molecular formula is C7H4ClF2NS. The zero-order valence-corrected chi connectivity index (χ0v) is 7.35. The van der Waals surface area contributed by atoms with E-state index in [-0.39, 0.29) is 15.6 Å². The Kier molecular flexibility index (Phi) is 2.59. The van der Waals surface area contributed by atoms with E-state index >= 15 is 0 Å². The lowest BCUT2D eigenvalue weighted by Crippen LogP contribution is -2.12. The second-order valence-corrected chi connectivity index (χ2v) is 2.96. The van der Waals surface area contributed by atoms with Crippen molar-refractivity contribution in [2.75, 3.05) is 0 Å². The van der Waals surface area contributed by atoms with Crippen molar-refractivity contribution < 1.29 is 8.78 Å². The summed E-state index contributed by atoms with van der Waals surface area (Å²) in [5.74, 6) is -1.45. The summed E-state index contributed by atoms with van der Waals surface area (Å²) in [6, 6.07) is 1.71. The molecule has 0 heterocycles. The van der Waals surface area contributed by atoms with E-state index in [0.29, 0.717) is 0 Å². The van der Waals surface area contributed by atoms with Crippen molar-refractivity contribution in [3.05, 3.63) is 34.4 Å². The first-order valence-corrected chi connectivity index (χ1v) is 3.75. The van der Waals surface area contributed by atoms with Gasteiger partial charge in [0.15, 0.2) is 0 Å². The van der Waals surface area contributed by atoms with Crippen LogP contribution in [0.5, 0.6) is 0 Å². The molecule has 0 aliphatic rings. The minimum Gasteiger partial charge on any atom is -0.389 e. The second kappa shape index (κ2) is 3.33. The number of rotatable bonds is 1. The fourth-order valence-electron chi connectivity index (χ4n) is 0.711. The highest BCUT2D eigenvalue weighted by molar-refractivity contribution is 7.80. The lowest BCUT2D eigenvalue weighted by Gasteiger charge is -2.01. The third-order valence-electron chi connectivity index (χ3n) is 1.28. The van der Waals surface area contributed by atoms with Crippen molar-refractivity contribution in [2.45, 2.75) is 0 Å². The minimum atomic E-state index is -0.735. The molecule has 0 saturated carbocycles. The van der Waals surface area contributed by atoms with Crippen LogP contribution in [-0.4, -0.2) is 4.99 Å². The number of hydrogen-bond acceptors (Lipinski definition) is 1. The second-order valence-electron chi connectivity index (χ2n) is 2.11. The van der Waals surface area contributed by atoms with Crippen LogP contribution in [0, 0.1) is 11.6 Å². The molecule has 5 heteroatoms. The van der Waals surface area contributed by atoms with Crippen molar-refractivity contribution in [2.24, 2.45) is 5.73 Å². The summed E-state index contributed by atoms with van der Waals surface area (Å²) in [5.41, 5.74) is 4.98. The zero-order valence-electron chi connectivity index (χ0n) is 5.77. The van der Waals surface area contributed by atoms with E-state index in [2.05, 4.69) is 12.2 Å². The molecule has 0 spiro atoms. The third kappa shape index (κ3) is 1.70. The molecule has 0 aromatic heterocycles. The molecule has 1 aromatic rings. The minimum absolute atomic E-state index is 0.132. The van der Waals surface area contributed by atoms with Crippen LogP contribution in [0.1, 0.15) is 5.56 Å². The fourth-order valence-corrected chi connectivity index (χ4v) is 1.02. The summed E-state index contributed by atoms with van der Waals surface area (Å²) in [5, 5.41) is -0.285. The van der Waals surface area contributed by atoms with Gasteiger partial charge in [0.05, 0.1) is 5.02 Å². The van der Waals surface area contributed by atoms with Gasteiger partial charge in [0.1, 0.15) is 16.6 Å². The van der Waals surface area contributed by atoms with Gasteiger partial charge in [0.25, 0.3) is 0 Å². The van der Waals surface area contributed by atoms with Crippen LogP contribution in [0.2, 0.25) is 5.02 Å². The van der Waals surface area contributed by atoms with Crippen molar-refractivity contribution in [1.29, 1.82) is 0 Å². The number of halogens is 3. The first kappa shape index (κ1) is 9.35. The Morgan fingerprint density at radius 1 is 1.33 bits per heavy atom. The van der Waals surface area contributed by atoms with Crippen molar-refractivity contribution in [1.82, 2.24) is 0 Å². The third-order valence-corrected chi connectivity index (χ3v) is 1.78. The maximum absolute atomic E-state index is 12.9. The van der Waals surface area contributed by atoms with Crippen LogP contribution in [-0.2, 0) is 0 Å². The Morgan fingerprint density at radius 2 is 1.92 bits per heavy atom. The summed E-state index contributed by atoms with van der Waals surface area (Å²) in [4.78, 5) is -0.192. The van der Waals surface area contributed by atoms with E-state index in [1.165, 1.54) is 0 Å². The molecule has 1 aromatic carbocycles. The van der Waals surface area contributed by atoms with Crippen molar-refractivity contribution in [3.8, 4) is 0 Å². The smallest absolute Gasteiger partial charge is 0.142 e. The zero-order chi connectivity index (χ0) is 9.30. The quantitative estimate of drug-likeness (QED) is 0.565. The Labute approximate surface area is 78.1 Å². The Balaban J connectivity index is 3.33. The van der Waals surface area contributed by atoms with Crippen LogP contribution >= 0.6 is 23.8 Å². The first-order chi connectivity index (χ1) is 5.52. The molecule has 0 bridgehead atoms. The Bertz CT molecular complexity index is 340. The van der Waals surface area contributed by atoms with E-state index in [9.17, 15) is 8.78 Å². The molecule has 0 amide bonds. The lowest BCUT2D eigenvalue weighted by molar-refractivity contribution is 0.598. The molecule has 0 aliphatic heterocycles. The van der Waals surface area contributed by atoms with E-state index in [1.54, 1.807) is 0 Å². The van der Waals surface area contributed by atoms with E-state index in [1.807, 2.05) is 0 Å². The van der Waals surface area contributed by atoms with Gasteiger partial charge in [-0.25, -0.2) is 8.78 Å². The molecular weight excluding hydrogens is 204 g/mol. The molecule has 0 aliphatic carbocycles. The maximum Gasteiger partial charge on any atom is 0.142 e. The SMILES string of the molecule is NC(=S)c1cc(F)c(Cl)cc1F. The van der Waals surface area contributed by atoms with Gasteiger partial charge < -0.3 is 5.73 Å². The summed E-state index contributed by atoms with van der Waals surface area (Å²) in [6.45, 7) is 0. The molecule has 64 valence electrons. The highest BCUT2D eigenvalue weighted by atomic mass is 35.5.